The first-order chi connectivity index (χ1) is 18.1. The van der Waals surface area contributed by atoms with Crippen LogP contribution in [0.4, 0.5) is 11.4 Å². The molecule has 3 heterocycles. The van der Waals surface area contributed by atoms with E-state index in [2.05, 4.69) is 20.3 Å². The van der Waals surface area contributed by atoms with E-state index in [0.29, 0.717) is 35.7 Å². The van der Waals surface area contributed by atoms with Crippen molar-refractivity contribution in [3.05, 3.63) is 102 Å². The van der Waals surface area contributed by atoms with Gasteiger partial charge >= 0.3 is 0 Å². The Morgan fingerprint density at radius 1 is 0.757 bits per heavy atom. The average molecular weight is 498 g/mol. The molecule has 4 rings (SSSR count). The monoisotopic (exact) mass is 497 g/mol. The number of benzene rings is 1. The van der Waals surface area contributed by atoms with Crippen LogP contribution in [0, 0.1) is 0 Å². The van der Waals surface area contributed by atoms with Crippen molar-refractivity contribution in [2.75, 3.05) is 23.4 Å². The number of nitrogens with zero attached hydrogens (tertiary/aromatic N) is 4. The molecule has 4 aromatic rings. The fourth-order valence-corrected chi connectivity index (χ4v) is 3.62. The summed E-state index contributed by atoms with van der Waals surface area (Å²) in [5.74, 6) is -0.0857. The molecule has 0 aliphatic rings. The van der Waals surface area contributed by atoms with Gasteiger partial charge in [0.2, 0.25) is 11.8 Å². The molecule has 0 saturated heterocycles. The van der Waals surface area contributed by atoms with Crippen LogP contribution in [0.25, 0.3) is 0 Å². The highest BCUT2D eigenvalue weighted by Crippen LogP contribution is 2.26. The second-order valence-corrected chi connectivity index (χ2v) is 7.79. The molecule has 0 aliphatic heterocycles. The number of aromatic nitrogens is 3. The van der Waals surface area contributed by atoms with Gasteiger partial charge in [0.15, 0.2) is 0 Å². The van der Waals surface area contributed by atoms with E-state index in [1.54, 1.807) is 72.0 Å². The lowest BCUT2D eigenvalue weighted by Crippen LogP contribution is -2.31. The molecular formula is C28H27N5O4. The van der Waals surface area contributed by atoms with Crippen LogP contribution in [-0.2, 0) is 6.54 Å². The van der Waals surface area contributed by atoms with Crippen molar-refractivity contribution in [1.82, 2.24) is 15.0 Å². The Bertz CT molecular complexity index is 1350. The quantitative estimate of drug-likeness (QED) is 0.336. The van der Waals surface area contributed by atoms with Gasteiger partial charge < -0.3 is 19.7 Å². The lowest BCUT2D eigenvalue weighted by Gasteiger charge is -2.23. The first-order valence-electron chi connectivity index (χ1n) is 11.9. The molecule has 0 spiro atoms. The number of rotatable bonds is 10. The molecule has 0 unspecified atom stereocenters. The molecule has 0 fully saturated rings. The maximum atomic E-state index is 13.7. The Morgan fingerprint density at radius 2 is 1.38 bits per heavy atom. The van der Waals surface area contributed by atoms with E-state index in [1.165, 1.54) is 0 Å². The normalized spacial score (nSPS) is 10.4. The standard InChI is InChI=1S/C28H27N5O4/c1-3-36-26-23(10-7-17-30-26)25(34)32-20-12-14-22(15-13-20)33(19-21-9-5-6-16-29-21)28(35)24-11-8-18-31-27(24)37-4-2/h5-18H,3-4,19H2,1-2H3,(H,32,34). The summed E-state index contributed by atoms with van der Waals surface area (Å²) in [5.41, 5.74) is 2.58. The molecule has 9 heteroatoms. The van der Waals surface area contributed by atoms with Gasteiger partial charge in [-0.05, 0) is 74.5 Å². The number of anilines is 2. The van der Waals surface area contributed by atoms with Gasteiger partial charge in [-0.2, -0.15) is 0 Å². The summed E-state index contributed by atoms with van der Waals surface area (Å²) < 4.78 is 11.1. The fourth-order valence-electron chi connectivity index (χ4n) is 3.62. The summed E-state index contributed by atoms with van der Waals surface area (Å²) in [4.78, 5) is 40.8. The third-order valence-corrected chi connectivity index (χ3v) is 5.31. The molecular weight excluding hydrogens is 470 g/mol. The molecule has 0 aliphatic carbocycles. The minimum Gasteiger partial charge on any atom is -0.477 e. The molecule has 1 aromatic carbocycles. The summed E-state index contributed by atoms with van der Waals surface area (Å²) in [5, 5.41) is 2.85. The van der Waals surface area contributed by atoms with E-state index in [4.69, 9.17) is 9.47 Å². The number of nitrogens with one attached hydrogen (secondary N) is 1. The Balaban J connectivity index is 1.60. The SMILES string of the molecule is CCOc1ncccc1C(=O)Nc1ccc(N(Cc2ccccn2)C(=O)c2cccnc2OCC)cc1. The molecule has 3 aromatic heterocycles. The second kappa shape index (κ2) is 12.3. The molecule has 2 amide bonds. The summed E-state index contributed by atoms with van der Waals surface area (Å²) in [6.07, 6.45) is 4.84. The summed E-state index contributed by atoms with van der Waals surface area (Å²) in [6.45, 7) is 4.68. The number of carbonyl (C=O) groups is 2. The van der Waals surface area contributed by atoms with Crippen LogP contribution in [0.2, 0.25) is 0 Å². The first kappa shape index (κ1) is 25.3. The minimum atomic E-state index is -0.345. The number of amides is 2. The molecule has 0 saturated carbocycles. The van der Waals surface area contributed by atoms with Crippen molar-refractivity contribution >= 4 is 23.2 Å². The lowest BCUT2D eigenvalue weighted by atomic mass is 10.1. The van der Waals surface area contributed by atoms with Crippen LogP contribution in [0.15, 0.2) is 85.3 Å². The number of hydrogen-bond acceptors (Lipinski definition) is 7. The zero-order valence-corrected chi connectivity index (χ0v) is 20.6. The number of carbonyl (C=O) groups excluding carboxylic acids is 2. The molecule has 1 N–H and O–H groups in total. The van der Waals surface area contributed by atoms with Crippen molar-refractivity contribution in [1.29, 1.82) is 0 Å². The largest absolute Gasteiger partial charge is 0.477 e. The van der Waals surface area contributed by atoms with Crippen molar-refractivity contribution in [2.24, 2.45) is 0 Å². The van der Waals surface area contributed by atoms with Crippen molar-refractivity contribution in [2.45, 2.75) is 20.4 Å². The van der Waals surface area contributed by atoms with Gasteiger partial charge in [-0.15, -0.1) is 0 Å². The summed E-state index contributed by atoms with van der Waals surface area (Å²) >= 11 is 0. The van der Waals surface area contributed by atoms with Gasteiger partial charge in [-0.25, -0.2) is 9.97 Å². The Kier molecular flexibility index (Phi) is 8.38. The van der Waals surface area contributed by atoms with Crippen molar-refractivity contribution in [3.63, 3.8) is 0 Å². The fraction of sp³-hybridized carbons (Fsp3) is 0.179. The van der Waals surface area contributed by atoms with E-state index in [9.17, 15) is 9.59 Å². The highest BCUT2D eigenvalue weighted by Gasteiger charge is 2.23. The first-order valence-corrected chi connectivity index (χ1v) is 11.9. The van der Waals surface area contributed by atoms with Crippen LogP contribution in [-0.4, -0.2) is 40.0 Å². The van der Waals surface area contributed by atoms with E-state index in [1.807, 2.05) is 32.0 Å². The predicted octanol–water partition coefficient (Wildman–Crippen LogP) is 4.77. The number of pyridine rings is 3. The third-order valence-electron chi connectivity index (χ3n) is 5.31. The molecule has 0 atom stereocenters. The van der Waals surface area contributed by atoms with Gasteiger partial charge in [0.1, 0.15) is 11.1 Å². The van der Waals surface area contributed by atoms with E-state index >= 15 is 0 Å². The minimum absolute atomic E-state index is 0.235. The molecule has 188 valence electrons. The van der Waals surface area contributed by atoms with E-state index in [-0.39, 0.29) is 30.1 Å². The molecule has 0 bridgehead atoms. The van der Waals surface area contributed by atoms with Crippen LogP contribution < -0.4 is 19.7 Å². The maximum absolute atomic E-state index is 13.7. The zero-order valence-electron chi connectivity index (χ0n) is 20.6. The maximum Gasteiger partial charge on any atom is 0.264 e. The van der Waals surface area contributed by atoms with Gasteiger partial charge in [0, 0.05) is 30.0 Å². The lowest BCUT2D eigenvalue weighted by molar-refractivity contribution is 0.0978. The van der Waals surface area contributed by atoms with Gasteiger partial charge in [-0.3, -0.25) is 14.6 Å². The molecule has 0 radical (unpaired) electrons. The summed E-state index contributed by atoms with van der Waals surface area (Å²) in [7, 11) is 0. The Morgan fingerprint density at radius 3 is 2.00 bits per heavy atom. The van der Waals surface area contributed by atoms with E-state index < -0.39 is 0 Å². The highest BCUT2D eigenvalue weighted by molar-refractivity contribution is 6.08. The predicted molar refractivity (Wildman–Crippen MR) is 140 cm³/mol. The topological polar surface area (TPSA) is 107 Å². The van der Waals surface area contributed by atoms with Crippen molar-refractivity contribution < 1.29 is 19.1 Å². The Labute approximate surface area is 215 Å². The molecule has 37 heavy (non-hydrogen) atoms. The van der Waals surface area contributed by atoms with Crippen LogP contribution in [0.3, 0.4) is 0 Å². The number of hydrogen-bond donors (Lipinski definition) is 1. The van der Waals surface area contributed by atoms with E-state index in [0.717, 1.165) is 5.69 Å². The Hall–Kier alpha value is -4.79. The third kappa shape index (κ3) is 6.26. The smallest absolute Gasteiger partial charge is 0.264 e. The highest BCUT2D eigenvalue weighted by atomic mass is 16.5. The van der Waals surface area contributed by atoms with Crippen LogP contribution in [0.5, 0.6) is 11.8 Å². The van der Waals surface area contributed by atoms with Crippen molar-refractivity contribution in [3.8, 4) is 11.8 Å². The van der Waals surface area contributed by atoms with Crippen LogP contribution in [0.1, 0.15) is 40.3 Å². The van der Waals surface area contributed by atoms with Gasteiger partial charge in [-0.1, -0.05) is 6.07 Å². The van der Waals surface area contributed by atoms with Gasteiger partial charge in [0.25, 0.3) is 11.8 Å². The summed E-state index contributed by atoms with van der Waals surface area (Å²) in [6, 6.07) is 19.2. The second-order valence-electron chi connectivity index (χ2n) is 7.79. The van der Waals surface area contributed by atoms with Gasteiger partial charge in [0.05, 0.1) is 25.5 Å². The average Bonchev–Trinajstić information content (AvgIpc) is 2.93. The zero-order chi connectivity index (χ0) is 26.0. The van der Waals surface area contributed by atoms with Crippen LogP contribution >= 0.6 is 0 Å². The number of ether oxygens (including phenoxy) is 2. The molecule has 9 nitrogen and oxygen atoms in total.